The van der Waals surface area contributed by atoms with Gasteiger partial charge in [-0.25, -0.2) is 4.98 Å². The van der Waals surface area contributed by atoms with Crippen LogP contribution in [0.25, 0.3) is 0 Å². The van der Waals surface area contributed by atoms with E-state index >= 15 is 0 Å². The van der Waals surface area contributed by atoms with Crippen molar-refractivity contribution in [2.75, 3.05) is 5.75 Å². The standard InChI is InChI=1S/C8H10N2O3S/c1-10-4-3-9-7(8(10)13)14-5-2-6(11)12/h3-4H,2,5H2,1H3,(H,11,12). The molecule has 0 saturated heterocycles. The molecule has 1 N–H and O–H groups in total. The van der Waals surface area contributed by atoms with Gasteiger partial charge in [0.25, 0.3) is 5.56 Å². The molecule has 0 aliphatic heterocycles. The Bertz CT molecular complexity index is 388. The van der Waals surface area contributed by atoms with Crippen molar-refractivity contribution < 1.29 is 9.90 Å². The molecule has 0 radical (unpaired) electrons. The summed E-state index contributed by atoms with van der Waals surface area (Å²) in [6.45, 7) is 0. The normalized spacial score (nSPS) is 10.1. The molecule has 1 aromatic heterocycles. The SMILES string of the molecule is Cn1ccnc(SCCC(=O)O)c1=O. The topological polar surface area (TPSA) is 72.2 Å². The molecule has 5 nitrogen and oxygen atoms in total. The number of aliphatic carboxylic acids is 1. The third-order valence-corrected chi connectivity index (χ3v) is 2.50. The first-order valence-corrected chi connectivity index (χ1v) is 4.96. The van der Waals surface area contributed by atoms with Crippen LogP contribution in [0.15, 0.2) is 22.2 Å². The Kier molecular flexibility index (Phi) is 3.70. The van der Waals surface area contributed by atoms with E-state index < -0.39 is 5.97 Å². The molecule has 0 amide bonds. The van der Waals surface area contributed by atoms with Crippen LogP contribution in [0.1, 0.15) is 6.42 Å². The summed E-state index contributed by atoms with van der Waals surface area (Å²) in [4.78, 5) is 25.5. The van der Waals surface area contributed by atoms with Gasteiger partial charge in [0.1, 0.15) is 0 Å². The number of thioether (sulfide) groups is 1. The Balaban J connectivity index is 2.64. The molecule has 0 atom stereocenters. The summed E-state index contributed by atoms with van der Waals surface area (Å²) >= 11 is 1.16. The first-order chi connectivity index (χ1) is 6.61. The van der Waals surface area contributed by atoms with Crippen LogP contribution < -0.4 is 5.56 Å². The van der Waals surface area contributed by atoms with Crippen molar-refractivity contribution in [2.45, 2.75) is 11.4 Å². The molecule has 14 heavy (non-hydrogen) atoms. The van der Waals surface area contributed by atoms with E-state index in [1.54, 1.807) is 13.2 Å². The van der Waals surface area contributed by atoms with Crippen molar-refractivity contribution in [2.24, 2.45) is 7.05 Å². The molecule has 0 saturated carbocycles. The van der Waals surface area contributed by atoms with Crippen molar-refractivity contribution >= 4 is 17.7 Å². The largest absolute Gasteiger partial charge is 0.481 e. The number of carbonyl (C=O) groups is 1. The zero-order valence-corrected chi connectivity index (χ0v) is 8.45. The molecule has 0 fully saturated rings. The van der Waals surface area contributed by atoms with Crippen LogP contribution in [0.5, 0.6) is 0 Å². The van der Waals surface area contributed by atoms with Gasteiger partial charge in [-0.2, -0.15) is 0 Å². The fourth-order valence-electron chi connectivity index (χ4n) is 0.809. The first kappa shape index (κ1) is 10.8. The summed E-state index contributed by atoms with van der Waals surface area (Å²) in [7, 11) is 1.63. The van der Waals surface area contributed by atoms with Crippen molar-refractivity contribution in [1.82, 2.24) is 9.55 Å². The van der Waals surface area contributed by atoms with Crippen LogP contribution in [0.4, 0.5) is 0 Å². The molecule has 1 rings (SSSR count). The van der Waals surface area contributed by atoms with Gasteiger partial charge in [0.2, 0.25) is 0 Å². The molecule has 6 heteroatoms. The number of carboxylic acid groups (broad SMARTS) is 1. The quantitative estimate of drug-likeness (QED) is 0.732. The van der Waals surface area contributed by atoms with Gasteiger partial charge in [0, 0.05) is 25.2 Å². The summed E-state index contributed by atoms with van der Waals surface area (Å²) in [6, 6.07) is 0. The Morgan fingerprint density at radius 2 is 2.43 bits per heavy atom. The van der Waals surface area contributed by atoms with Gasteiger partial charge < -0.3 is 9.67 Å². The molecule has 1 heterocycles. The number of aromatic nitrogens is 2. The maximum absolute atomic E-state index is 11.4. The van der Waals surface area contributed by atoms with Crippen LogP contribution in [0, 0.1) is 0 Å². The lowest BCUT2D eigenvalue weighted by molar-refractivity contribution is -0.136. The minimum atomic E-state index is -0.870. The van der Waals surface area contributed by atoms with Crippen LogP contribution >= 0.6 is 11.8 Å². The zero-order valence-electron chi connectivity index (χ0n) is 7.64. The van der Waals surface area contributed by atoms with Gasteiger partial charge in [-0.1, -0.05) is 0 Å². The second kappa shape index (κ2) is 4.80. The van der Waals surface area contributed by atoms with Gasteiger partial charge in [-0.05, 0) is 0 Å². The highest BCUT2D eigenvalue weighted by atomic mass is 32.2. The lowest BCUT2D eigenvalue weighted by atomic mass is 10.5. The minimum Gasteiger partial charge on any atom is -0.481 e. The van der Waals surface area contributed by atoms with Crippen molar-refractivity contribution in [3.8, 4) is 0 Å². The highest BCUT2D eigenvalue weighted by molar-refractivity contribution is 7.99. The third-order valence-electron chi connectivity index (χ3n) is 1.54. The molecular weight excluding hydrogens is 204 g/mol. The van der Waals surface area contributed by atoms with E-state index in [4.69, 9.17) is 5.11 Å². The monoisotopic (exact) mass is 214 g/mol. The second-order valence-corrected chi connectivity index (χ2v) is 3.72. The fourth-order valence-corrected chi connectivity index (χ4v) is 1.68. The lowest BCUT2D eigenvalue weighted by Gasteiger charge is -2.00. The first-order valence-electron chi connectivity index (χ1n) is 3.97. The van der Waals surface area contributed by atoms with E-state index in [-0.39, 0.29) is 12.0 Å². The van der Waals surface area contributed by atoms with E-state index in [0.29, 0.717) is 10.8 Å². The smallest absolute Gasteiger partial charge is 0.304 e. The van der Waals surface area contributed by atoms with Crippen LogP contribution in [0.3, 0.4) is 0 Å². The van der Waals surface area contributed by atoms with Gasteiger partial charge in [-0.15, -0.1) is 11.8 Å². The van der Waals surface area contributed by atoms with Gasteiger partial charge in [0.15, 0.2) is 5.03 Å². The van der Waals surface area contributed by atoms with Gasteiger partial charge >= 0.3 is 5.97 Å². The van der Waals surface area contributed by atoms with Crippen molar-refractivity contribution in [3.05, 3.63) is 22.7 Å². The van der Waals surface area contributed by atoms with Crippen molar-refractivity contribution in [1.29, 1.82) is 0 Å². The molecule has 76 valence electrons. The van der Waals surface area contributed by atoms with Crippen LogP contribution in [-0.4, -0.2) is 26.4 Å². The van der Waals surface area contributed by atoms with Crippen LogP contribution in [-0.2, 0) is 11.8 Å². The van der Waals surface area contributed by atoms with E-state index in [1.807, 2.05) is 0 Å². The Morgan fingerprint density at radius 1 is 1.71 bits per heavy atom. The second-order valence-electron chi connectivity index (χ2n) is 2.64. The number of hydrogen-bond donors (Lipinski definition) is 1. The van der Waals surface area contributed by atoms with E-state index in [9.17, 15) is 9.59 Å². The van der Waals surface area contributed by atoms with E-state index in [0.717, 1.165) is 11.8 Å². The predicted molar refractivity (Wildman–Crippen MR) is 52.5 cm³/mol. The Morgan fingerprint density at radius 3 is 3.07 bits per heavy atom. The molecule has 0 aromatic carbocycles. The van der Waals surface area contributed by atoms with Crippen molar-refractivity contribution in [3.63, 3.8) is 0 Å². The predicted octanol–water partition coefficient (Wildman–Crippen LogP) is 0.347. The lowest BCUT2D eigenvalue weighted by Crippen LogP contribution is -2.18. The molecule has 0 bridgehead atoms. The molecule has 0 spiro atoms. The summed E-state index contributed by atoms with van der Waals surface area (Å²) in [5.74, 6) is -0.507. The number of hydrogen-bond acceptors (Lipinski definition) is 4. The van der Waals surface area contributed by atoms with Gasteiger partial charge in [-0.3, -0.25) is 9.59 Å². The Labute approximate surface area is 84.8 Å². The summed E-state index contributed by atoms with van der Waals surface area (Å²) < 4.78 is 1.41. The summed E-state index contributed by atoms with van der Waals surface area (Å²) in [5, 5.41) is 8.74. The van der Waals surface area contributed by atoms with Gasteiger partial charge in [0.05, 0.1) is 6.42 Å². The number of aryl methyl sites for hydroxylation is 1. The molecule has 0 unspecified atom stereocenters. The molecular formula is C8H10N2O3S. The van der Waals surface area contributed by atoms with Crippen LogP contribution in [0.2, 0.25) is 0 Å². The van der Waals surface area contributed by atoms with E-state index in [1.165, 1.54) is 10.8 Å². The summed E-state index contributed by atoms with van der Waals surface area (Å²) in [5.41, 5.74) is -0.192. The number of rotatable bonds is 4. The molecule has 0 aliphatic rings. The molecule has 1 aromatic rings. The summed E-state index contributed by atoms with van der Waals surface area (Å²) in [6.07, 6.45) is 3.11. The maximum atomic E-state index is 11.4. The average molecular weight is 214 g/mol. The van der Waals surface area contributed by atoms with E-state index in [2.05, 4.69) is 4.98 Å². The number of carboxylic acids is 1. The minimum absolute atomic E-state index is 0.0321. The number of nitrogens with zero attached hydrogens (tertiary/aromatic N) is 2. The zero-order chi connectivity index (χ0) is 10.6. The Hall–Kier alpha value is -1.30. The third kappa shape index (κ3) is 2.88. The highest BCUT2D eigenvalue weighted by Gasteiger charge is 2.04. The average Bonchev–Trinajstić information content (AvgIpc) is 2.12. The molecule has 0 aliphatic carbocycles. The maximum Gasteiger partial charge on any atom is 0.304 e. The highest BCUT2D eigenvalue weighted by Crippen LogP contribution is 2.10. The fraction of sp³-hybridized carbons (Fsp3) is 0.375.